The average molecular weight is 326 g/mol. The number of benzene rings is 1. The fourth-order valence-corrected chi connectivity index (χ4v) is 2.71. The van der Waals surface area contributed by atoms with E-state index in [1.54, 1.807) is 6.07 Å². The molecule has 1 fully saturated rings. The maximum absolute atomic E-state index is 13.3. The quantitative estimate of drug-likeness (QED) is 0.918. The van der Waals surface area contributed by atoms with Gasteiger partial charge in [-0.05, 0) is 37.6 Å². The molecule has 1 atom stereocenters. The van der Waals surface area contributed by atoms with E-state index in [0.717, 1.165) is 19.4 Å². The zero-order valence-electron chi connectivity index (χ0n) is 10.2. The smallest absolute Gasteiger partial charge is 0.258 e. The van der Waals surface area contributed by atoms with Crippen LogP contribution >= 0.6 is 15.9 Å². The Morgan fingerprint density at radius 3 is 2.95 bits per heavy atom. The third-order valence-electron chi connectivity index (χ3n) is 3.17. The first-order chi connectivity index (χ1) is 9.22. The Bertz CT molecular complexity index is 561. The molecule has 0 radical (unpaired) electrons. The summed E-state index contributed by atoms with van der Waals surface area (Å²) >= 11 is 3.25. The van der Waals surface area contributed by atoms with Crippen LogP contribution in [-0.2, 0) is 0 Å². The standard InChI is InChI=1S/C13H13BrFN3O/c14-9-5-8(6-10(15)7-9)13-17-12(18-19-13)11-3-1-2-4-16-11/h5-7,11,16H,1-4H2. The number of aromatic nitrogens is 2. The number of nitrogens with zero attached hydrogens (tertiary/aromatic N) is 2. The van der Waals surface area contributed by atoms with Crippen LogP contribution in [0.2, 0.25) is 0 Å². The third kappa shape index (κ3) is 2.84. The van der Waals surface area contributed by atoms with Crippen LogP contribution in [0.4, 0.5) is 4.39 Å². The van der Waals surface area contributed by atoms with E-state index in [1.807, 2.05) is 0 Å². The normalized spacial score (nSPS) is 19.6. The molecule has 6 heteroatoms. The molecular weight excluding hydrogens is 313 g/mol. The summed E-state index contributed by atoms with van der Waals surface area (Å²) < 4.78 is 19.2. The zero-order chi connectivity index (χ0) is 13.2. The molecule has 2 aromatic rings. The lowest BCUT2D eigenvalue weighted by molar-refractivity contribution is 0.367. The summed E-state index contributed by atoms with van der Waals surface area (Å²) in [6.07, 6.45) is 3.34. The summed E-state index contributed by atoms with van der Waals surface area (Å²) in [6, 6.07) is 4.68. The molecule has 100 valence electrons. The molecule has 1 N–H and O–H groups in total. The Morgan fingerprint density at radius 2 is 2.21 bits per heavy atom. The van der Waals surface area contributed by atoms with Gasteiger partial charge in [-0.2, -0.15) is 4.98 Å². The van der Waals surface area contributed by atoms with Gasteiger partial charge in [0.15, 0.2) is 5.82 Å². The minimum absolute atomic E-state index is 0.142. The van der Waals surface area contributed by atoms with Crippen LogP contribution in [0, 0.1) is 5.82 Å². The lowest BCUT2D eigenvalue weighted by Gasteiger charge is -2.19. The summed E-state index contributed by atoms with van der Waals surface area (Å²) in [6.45, 7) is 0.972. The Kier molecular flexibility index (Phi) is 3.61. The maximum atomic E-state index is 13.3. The molecule has 1 saturated heterocycles. The number of piperidine rings is 1. The second-order valence-corrected chi connectivity index (χ2v) is 5.53. The summed E-state index contributed by atoms with van der Waals surface area (Å²) in [4.78, 5) is 4.36. The van der Waals surface area contributed by atoms with E-state index < -0.39 is 0 Å². The van der Waals surface area contributed by atoms with E-state index in [0.29, 0.717) is 21.8 Å². The first-order valence-electron chi connectivity index (χ1n) is 6.26. The van der Waals surface area contributed by atoms with Crippen molar-refractivity contribution in [2.24, 2.45) is 0 Å². The number of hydrogen-bond donors (Lipinski definition) is 1. The number of halogens is 2. The molecule has 1 aliphatic rings. The van der Waals surface area contributed by atoms with Crippen molar-refractivity contribution in [3.8, 4) is 11.5 Å². The highest BCUT2D eigenvalue weighted by Gasteiger charge is 2.21. The van der Waals surface area contributed by atoms with Gasteiger partial charge in [0.2, 0.25) is 0 Å². The minimum Gasteiger partial charge on any atom is -0.334 e. The molecular formula is C13H13BrFN3O. The SMILES string of the molecule is Fc1cc(Br)cc(-c2nc(C3CCCCN3)no2)c1. The van der Waals surface area contributed by atoms with Gasteiger partial charge in [0, 0.05) is 10.0 Å². The molecule has 19 heavy (non-hydrogen) atoms. The molecule has 1 aromatic heterocycles. The molecule has 4 nitrogen and oxygen atoms in total. The van der Waals surface area contributed by atoms with Crippen LogP contribution in [0.15, 0.2) is 27.2 Å². The van der Waals surface area contributed by atoms with E-state index in [-0.39, 0.29) is 11.9 Å². The van der Waals surface area contributed by atoms with Crippen molar-refractivity contribution in [2.45, 2.75) is 25.3 Å². The van der Waals surface area contributed by atoms with E-state index in [4.69, 9.17) is 4.52 Å². The number of rotatable bonds is 2. The fraction of sp³-hybridized carbons (Fsp3) is 0.385. The van der Waals surface area contributed by atoms with Crippen molar-refractivity contribution in [1.82, 2.24) is 15.5 Å². The van der Waals surface area contributed by atoms with Crippen LogP contribution in [0.5, 0.6) is 0 Å². The third-order valence-corrected chi connectivity index (χ3v) is 3.63. The highest BCUT2D eigenvalue weighted by molar-refractivity contribution is 9.10. The van der Waals surface area contributed by atoms with Crippen LogP contribution in [0.1, 0.15) is 31.1 Å². The van der Waals surface area contributed by atoms with Crippen LogP contribution in [0.3, 0.4) is 0 Å². The van der Waals surface area contributed by atoms with Crippen molar-refractivity contribution < 1.29 is 8.91 Å². The summed E-state index contributed by atoms with van der Waals surface area (Å²) in [7, 11) is 0. The Morgan fingerprint density at radius 1 is 1.32 bits per heavy atom. The van der Waals surface area contributed by atoms with Crippen LogP contribution in [0.25, 0.3) is 11.5 Å². The lowest BCUT2D eigenvalue weighted by atomic mass is 10.0. The van der Waals surface area contributed by atoms with Gasteiger partial charge >= 0.3 is 0 Å². The second kappa shape index (κ2) is 5.38. The molecule has 0 aliphatic carbocycles. The van der Waals surface area contributed by atoms with Crippen molar-refractivity contribution in [1.29, 1.82) is 0 Å². The Labute approximate surface area is 118 Å². The average Bonchev–Trinajstić information content (AvgIpc) is 2.88. The van der Waals surface area contributed by atoms with E-state index >= 15 is 0 Å². The molecule has 0 saturated carbocycles. The second-order valence-electron chi connectivity index (χ2n) is 4.62. The minimum atomic E-state index is -0.333. The molecule has 1 aromatic carbocycles. The van der Waals surface area contributed by atoms with Gasteiger partial charge in [0.05, 0.1) is 6.04 Å². The van der Waals surface area contributed by atoms with Gasteiger partial charge in [-0.25, -0.2) is 4.39 Å². The molecule has 0 spiro atoms. The van der Waals surface area contributed by atoms with Crippen LogP contribution in [-0.4, -0.2) is 16.7 Å². The maximum Gasteiger partial charge on any atom is 0.258 e. The number of hydrogen-bond acceptors (Lipinski definition) is 4. The summed E-state index contributed by atoms with van der Waals surface area (Å²) in [5.74, 6) is 0.664. The first kappa shape index (κ1) is 12.7. The topological polar surface area (TPSA) is 51.0 Å². The van der Waals surface area contributed by atoms with Gasteiger partial charge in [-0.1, -0.05) is 27.5 Å². The van der Waals surface area contributed by atoms with Gasteiger partial charge in [-0.15, -0.1) is 0 Å². The molecule has 1 aliphatic heterocycles. The van der Waals surface area contributed by atoms with E-state index in [2.05, 4.69) is 31.4 Å². The van der Waals surface area contributed by atoms with Crippen molar-refractivity contribution in [3.05, 3.63) is 34.3 Å². The Hall–Kier alpha value is -1.27. The fourth-order valence-electron chi connectivity index (χ4n) is 2.24. The zero-order valence-corrected chi connectivity index (χ0v) is 11.8. The predicted octanol–water partition coefficient (Wildman–Crippen LogP) is 3.45. The van der Waals surface area contributed by atoms with Gasteiger partial charge in [0.25, 0.3) is 5.89 Å². The predicted molar refractivity (Wildman–Crippen MR) is 72.0 cm³/mol. The van der Waals surface area contributed by atoms with Crippen LogP contribution < -0.4 is 5.32 Å². The highest BCUT2D eigenvalue weighted by atomic mass is 79.9. The first-order valence-corrected chi connectivity index (χ1v) is 7.05. The molecule has 2 heterocycles. The number of nitrogens with one attached hydrogen (secondary N) is 1. The monoisotopic (exact) mass is 325 g/mol. The Balaban J connectivity index is 1.87. The molecule has 0 bridgehead atoms. The summed E-state index contributed by atoms with van der Waals surface area (Å²) in [5, 5.41) is 7.34. The van der Waals surface area contributed by atoms with E-state index in [9.17, 15) is 4.39 Å². The molecule has 0 amide bonds. The van der Waals surface area contributed by atoms with E-state index in [1.165, 1.54) is 18.6 Å². The van der Waals surface area contributed by atoms with Crippen molar-refractivity contribution in [3.63, 3.8) is 0 Å². The van der Waals surface area contributed by atoms with Gasteiger partial charge in [0.1, 0.15) is 5.82 Å². The van der Waals surface area contributed by atoms with Gasteiger partial charge in [-0.3, -0.25) is 0 Å². The highest BCUT2D eigenvalue weighted by Crippen LogP contribution is 2.26. The largest absolute Gasteiger partial charge is 0.334 e. The summed E-state index contributed by atoms with van der Waals surface area (Å²) in [5.41, 5.74) is 0.585. The lowest BCUT2D eigenvalue weighted by Crippen LogP contribution is -2.27. The molecule has 1 unspecified atom stereocenters. The molecule has 3 rings (SSSR count). The van der Waals surface area contributed by atoms with Gasteiger partial charge < -0.3 is 9.84 Å². The van der Waals surface area contributed by atoms with Crippen molar-refractivity contribution in [2.75, 3.05) is 6.54 Å². The van der Waals surface area contributed by atoms with Crippen molar-refractivity contribution >= 4 is 15.9 Å².